The van der Waals surface area contributed by atoms with Gasteiger partial charge in [0.05, 0.1) is 6.61 Å². The van der Waals surface area contributed by atoms with Crippen LogP contribution in [0.15, 0.2) is 4.99 Å². The average Bonchev–Trinajstić information content (AvgIpc) is 3.15. The second-order valence-electron chi connectivity index (χ2n) is 15.1. The number of nitrogens with one attached hydrogen (secondary N) is 7. The van der Waals surface area contributed by atoms with Crippen molar-refractivity contribution >= 4 is 65.0 Å². The number of aliphatic imine (C=N–C) groups is 1. The molecule has 58 heavy (non-hydrogen) atoms. The number of nitrogens with two attached hydrogens (primary N) is 3. The SMILES string of the molecule is CSCC[C@H](NC(=O)[C@H](C)NC(=O)[C@H](CCCN=C(N)N)NC(=O)[C@H](CC1CCCCC1)NC(C)=O)C(=O)N[C@@H](C)C(=O)N[C@@H](CO)C(=O)N[C@@H](CC(C)C)C(N)=O. The molecule has 20 nitrogen and oxygen atoms in total. The van der Waals surface area contributed by atoms with E-state index in [-0.39, 0.29) is 49.5 Å². The molecule has 1 aliphatic carbocycles. The maximum absolute atomic E-state index is 13.6. The molecule has 0 spiro atoms. The summed E-state index contributed by atoms with van der Waals surface area (Å²) in [6.07, 6.45) is 8.05. The van der Waals surface area contributed by atoms with Gasteiger partial charge in [-0.2, -0.15) is 11.8 Å². The zero-order chi connectivity index (χ0) is 43.9. The Bertz CT molecular complexity index is 1420. The summed E-state index contributed by atoms with van der Waals surface area (Å²) >= 11 is 1.40. The molecule has 0 radical (unpaired) electrons. The molecule has 0 aromatic carbocycles. The lowest BCUT2D eigenvalue weighted by atomic mass is 9.84. The molecule has 0 saturated heterocycles. The van der Waals surface area contributed by atoms with Gasteiger partial charge in [0.15, 0.2) is 5.96 Å². The van der Waals surface area contributed by atoms with Crippen LogP contribution in [0, 0.1) is 11.8 Å². The van der Waals surface area contributed by atoms with E-state index in [1.165, 1.54) is 32.5 Å². The van der Waals surface area contributed by atoms with E-state index in [1.807, 2.05) is 13.8 Å². The minimum absolute atomic E-state index is 0.0113. The molecule has 1 aliphatic rings. The summed E-state index contributed by atoms with van der Waals surface area (Å²) in [5.74, 6) is -4.99. The lowest BCUT2D eigenvalue weighted by Crippen LogP contribution is -2.59. The van der Waals surface area contributed by atoms with E-state index in [0.29, 0.717) is 18.6 Å². The number of aliphatic hydroxyl groups is 1. The number of carbonyl (C=O) groups excluding carboxylic acids is 8. The summed E-state index contributed by atoms with van der Waals surface area (Å²) in [4.78, 5) is 107. The molecule has 0 heterocycles. The van der Waals surface area contributed by atoms with E-state index >= 15 is 0 Å². The number of amides is 8. The predicted octanol–water partition coefficient (Wildman–Crippen LogP) is -2.26. The third-order valence-electron chi connectivity index (χ3n) is 9.50. The van der Waals surface area contributed by atoms with E-state index in [9.17, 15) is 43.5 Å². The maximum atomic E-state index is 13.6. The summed E-state index contributed by atoms with van der Waals surface area (Å²) in [5, 5.41) is 27.7. The molecule has 21 heteroatoms. The number of rotatable bonds is 26. The first-order valence-corrected chi connectivity index (χ1v) is 21.2. The quantitative estimate of drug-likeness (QED) is 0.0250. The molecule has 0 aromatic rings. The number of primary amides is 1. The van der Waals surface area contributed by atoms with Gasteiger partial charge in [-0.15, -0.1) is 0 Å². The Hall–Kier alpha value is -4.66. The fraction of sp³-hybridized carbons (Fsp3) is 0.757. The summed E-state index contributed by atoms with van der Waals surface area (Å²) < 4.78 is 0. The lowest BCUT2D eigenvalue weighted by molar-refractivity contribution is -0.135. The predicted molar refractivity (Wildman–Crippen MR) is 220 cm³/mol. The first-order valence-electron chi connectivity index (χ1n) is 19.8. The van der Waals surface area contributed by atoms with Crippen molar-refractivity contribution < 1.29 is 43.5 Å². The van der Waals surface area contributed by atoms with Crippen molar-refractivity contribution in [2.45, 2.75) is 141 Å². The van der Waals surface area contributed by atoms with E-state index in [0.717, 1.165) is 32.1 Å². The van der Waals surface area contributed by atoms with E-state index in [4.69, 9.17) is 17.2 Å². The van der Waals surface area contributed by atoms with E-state index in [1.54, 1.807) is 6.26 Å². The molecule has 7 atom stereocenters. The van der Waals surface area contributed by atoms with Gasteiger partial charge >= 0.3 is 0 Å². The molecule has 330 valence electrons. The van der Waals surface area contributed by atoms with Crippen molar-refractivity contribution in [2.24, 2.45) is 34.0 Å². The number of guanidine groups is 1. The summed E-state index contributed by atoms with van der Waals surface area (Å²) in [6, 6.07) is -8.04. The highest BCUT2D eigenvalue weighted by molar-refractivity contribution is 7.98. The van der Waals surface area contributed by atoms with E-state index < -0.39 is 90.3 Å². The Morgan fingerprint density at radius 2 is 1.14 bits per heavy atom. The standard InChI is InChI=1S/C37H67N11O9S/c1-20(2)17-27(30(38)51)47-36(57)29(19-49)48-32(53)22(4)43-34(55)26(14-16-58-6)45-31(52)21(3)42-33(54)25(13-10-15-41-37(39)40)46-35(56)28(44-23(5)50)18-24-11-8-7-9-12-24/h20-22,24-29,49H,7-19H2,1-6H3,(H2,38,51)(H,42,54)(H,43,55)(H,44,50)(H,45,52)(H,46,56)(H,47,57)(H,48,53)(H4,39,40,41)/t21-,22-,25-,26-,27-,28-,29-/m0/s1. The van der Waals surface area contributed by atoms with Crippen molar-refractivity contribution in [3.8, 4) is 0 Å². The zero-order valence-corrected chi connectivity index (χ0v) is 35.5. The van der Waals surface area contributed by atoms with Crippen molar-refractivity contribution in [2.75, 3.05) is 25.2 Å². The third-order valence-corrected chi connectivity index (χ3v) is 10.1. The molecule has 8 amide bonds. The van der Waals surface area contributed by atoms with Crippen molar-refractivity contribution in [3.63, 3.8) is 0 Å². The second-order valence-corrected chi connectivity index (χ2v) is 16.1. The third kappa shape index (κ3) is 20.2. The number of carbonyl (C=O) groups is 8. The van der Waals surface area contributed by atoms with Gasteiger partial charge in [-0.25, -0.2) is 0 Å². The molecule has 0 aliphatic heterocycles. The van der Waals surface area contributed by atoms with Gasteiger partial charge in [0, 0.05) is 13.5 Å². The minimum atomic E-state index is -1.45. The van der Waals surface area contributed by atoms with Crippen LogP contribution in [-0.2, 0) is 38.4 Å². The highest BCUT2D eigenvalue weighted by atomic mass is 32.2. The van der Waals surface area contributed by atoms with Gasteiger partial charge in [0.2, 0.25) is 47.3 Å². The summed E-state index contributed by atoms with van der Waals surface area (Å²) in [7, 11) is 0. The van der Waals surface area contributed by atoms with Crippen LogP contribution in [0.3, 0.4) is 0 Å². The first kappa shape index (κ1) is 51.4. The molecule has 1 fully saturated rings. The summed E-state index contributed by atoms with van der Waals surface area (Å²) in [6.45, 7) is 7.07. The van der Waals surface area contributed by atoms with Crippen LogP contribution in [0.5, 0.6) is 0 Å². The number of hydrogen-bond acceptors (Lipinski definition) is 11. The Kier molecular flexibility index (Phi) is 24.0. The van der Waals surface area contributed by atoms with Crippen molar-refractivity contribution in [3.05, 3.63) is 0 Å². The Labute approximate surface area is 345 Å². The molecule has 0 unspecified atom stereocenters. The zero-order valence-electron chi connectivity index (χ0n) is 34.7. The molecule has 0 aromatic heterocycles. The number of thioether (sulfide) groups is 1. The molecular weight excluding hydrogens is 775 g/mol. The Morgan fingerprint density at radius 1 is 0.655 bits per heavy atom. The molecular formula is C37H67N11O9S. The first-order chi connectivity index (χ1) is 27.3. The smallest absolute Gasteiger partial charge is 0.245 e. The van der Waals surface area contributed by atoms with Gasteiger partial charge in [-0.1, -0.05) is 46.0 Å². The number of hydrogen-bond donors (Lipinski definition) is 11. The fourth-order valence-electron chi connectivity index (χ4n) is 6.32. The normalized spacial score (nSPS) is 16.5. The Balaban J connectivity index is 3.03. The number of nitrogens with zero attached hydrogens (tertiary/aromatic N) is 1. The van der Waals surface area contributed by atoms with Crippen LogP contribution >= 0.6 is 11.8 Å². The van der Waals surface area contributed by atoms with Crippen molar-refractivity contribution in [1.82, 2.24) is 37.2 Å². The second kappa shape index (κ2) is 27.1. The van der Waals surface area contributed by atoms with Crippen LogP contribution in [0.2, 0.25) is 0 Å². The van der Waals surface area contributed by atoms with Crippen LogP contribution in [-0.4, -0.2) is 126 Å². The largest absolute Gasteiger partial charge is 0.394 e. The summed E-state index contributed by atoms with van der Waals surface area (Å²) in [5.41, 5.74) is 16.3. The van der Waals surface area contributed by atoms with Gasteiger partial charge in [0.1, 0.15) is 42.3 Å². The molecule has 14 N–H and O–H groups in total. The topological polar surface area (TPSA) is 331 Å². The highest BCUT2D eigenvalue weighted by Gasteiger charge is 2.32. The molecule has 1 rings (SSSR count). The van der Waals surface area contributed by atoms with Gasteiger partial charge in [-0.05, 0) is 69.8 Å². The number of aliphatic hydroxyl groups excluding tert-OH is 1. The Morgan fingerprint density at radius 3 is 1.62 bits per heavy atom. The lowest BCUT2D eigenvalue weighted by Gasteiger charge is -2.28. The van der Waals surface area contributed by atoms with Crippen LogP contribution in [0.1, 0.15) is 98.8 Å². The van der Waals surface area contributed by atoms with Gasteiger partial charge in [-0.3, -0.25) is 43.3 Å². The average molecular weight is 842 g/mol. The van der Waals surface area contributed by atoms with Crippen LogP contribution < -0.4 is 54.4 Å². The maximum Gasteiger partial charge on any atom is 0.245 e. The molecule has 1 saturated carbocycles. The fourth-order valence-corrected chi connectivity index (χ4v) is 6.79. The van der Waals surface area contributed by atoms with Crippen LogP contribution in [0.4, 0.5) is 0 Å². The highest BCUT2D eigenvalue weighted by Crippen LogP contribution is 2.27. The van der Waals surface area contributed by atoms with Gasteiger partial charge in [0.25, 0.3) is 0 Å². The van der Waals surface area contributed by atoms with E-state index in [2.05, 4.69) is 42.2 Å². The van der Waals surface area contributed by atoms with Gasteiger partial charge < -0.3 is 59.5 Å². The monoisotopic (exact) mass is 841 g/mol. The van der Waals surface area contributed by atoms with Crippen LogP contribution in [0.25, 0.3) is 0 Å². The minimum Gasteiger partial charge on any atom is -0.394 e. The molecule has 0 bridgehead atoms. The van der Waals surface area contributed by atoms with Crippen molar-refractivity contribution in [1.29, 1.82) is 0 Å².